The third kappa shape index (κ3) is 3.47. The molecule has 0 fully saturated rings. The van der Waals surface area contributed by atoms with Gasteiger partial charge in [-0.2, -0.15) is 0 Å². The van der Waals surface area contributed by atoms with E-state index in [1.165, 1.54) is 19.2 Å². The van der Waals surface area contributed by atoms with E-state index in [1.807, 2.05) is 30.3 Å². The molecular formula is C15H14FNO3. The van der Waals surface area contributed by atoms with Gasteiger partial charge in [-0.05, 0) is 17.7 Å². The lowest BCUT2D eigenvalue weighted by atomic mass is 10.2. The molecule has 1 N–H and O–H groups in total. The number of hydrogen-bond donors (Lipinski definition) is 1. The van der Waals surface area contributed by atoms with Crippen LogP contribution >= 0.6 is 0 Å². The zero-order valence-electron chi connectivity index (χ0n) is 10.9. The Morgan fingerprint density at radius 1 is 1.15 bits per heavy atom. The highest BCUT2D eigenvalue weighted by atomic mass is 19.1. The third-order valence-electron chi connectivity index (χ3n) is 2.63. The van der Waals surface area contributed by atoms with Gasteiger partial charge < -0.3 is 9.47 Å². The number of halogens is 1. The molecule has 4 nitrogen and oxygen atoms in total. The van der Waals surface area contributed by atoms with E-state index in [2.05, 4.69) is 10.1 Å². The van der Waals surface area contributed by atoms with Crippen molar-refractivity contribution in [3.8, 4) is 5.75 Å². The van der Waals surface area contributed by atoms with E-state index >= 15 is 0 Å². The van der Waals surface area contributed by atoms with Crippen molar-refractivity contribution < 1.29 is 18.7 Å². The topological polar surface area (TPSA) is 47.6 Å². The van der Waals surface area contributed by atoms with Gasteiger partial charge >= 0.3 is 6.09 Å². The van der Waals surface area contributed by atoms with Crippen molar-refractivity contribution in [1.82, 2.24) is 0 Å². The lowest BCUT2D eigenvalue weighted by molar-refractivity contribution is 0.186. The first-order valence-electron chi connectivity index (χ1n) is 6.01. The molecule has 2 aromatic carbocycles. The van der Waals surface area contributed by atoms with Crippen molar-refractivity contribution in [3.05, 3.63) is 59.9 Å². The first-order valence-corrected chi connectivity index (χ1v) is 6.01. The summed E-state index contributed by atoms with van der Waals surface area (Å²) in [7, 11) is 1.21. The van der Waals surface area contributed by atoms with Gasteiger partial charge in [-0.3, -0.25) is 5.32 Å². The Kier molecular flexibility index (Phi) is 4.55. The van der Waals surface area contributed by atoms with Crippen LogP contribution in [0, 0.1) is 5.82 Å². The molecule has 0 aliphatic rings. The smallest absolute Gasteiger partial charge is 0.411 e. The predicted molar refractivity (Wildman–Crippen MR) is 73.2 cm³/mol. The maximum Gasteiger partial charge on any atom is 0.411 e. The Morgan fingerprint density at radius 3 is 2.60 bits per heavy atom. The van der Waals surface area contributed by atoms with Crippen LogP contribution in [0.15, 0.2) is 48.5 Å². The first-order chi connectivity index (χ1) is 9.70. The third-order valence-corrected chi connectivity index (χ3v) is 2.63. The van der Waals surface area contributed by atoms with Crippen molar-refractivity contribution in [2.45, 2.75) is 6.61 Å². The second kappa shape index (κ2) is 6.56. The SMILES string of the molecule is COC(=O)Nc1c(F)cccc1OCc1ccccc1. The molecule has 0 aliphatic heterocycles. The van der Waals surface area contributed by atoms with Crippen LogP contribution in [0.25, 0.3) is 0 Å². The number of benzene rings is 2. The summed E-state index contributed by atoms with van der Waals surface area (Å²) in [6, 6.07) is 13.8. The van der Waals surface area contributed by atoms with Gasteiger partial charge in [0.25, 0.3) is 0 Å². The average Bonchev–Trinajstić information content (AvgIpc) is 2.48. The number of anilines is 1. The van der Waals surface area contributed by atoms with E-state index in [0.717, 1.165) is 5.56 Å². The highest BCUT2D eigenvalue weighted by Gasteiger charge is 2.13. The van der Waals surface area contributed by atoms with Crippen LogP contribution in [-0.2, 0) is 11.3 Å². The minimum absolute atomic E-state index is 0.0321. The molecule has 0 aromatic heterocycles. The van der Waals surface area contributed by atoms with Crippen LogP contribution in [-0.4, -0.2) is 13.2 Å². The summed E-state index contributed by atoms with van der Waals surface area (Å²) in [5.74, 6) is -0.333. The van der Waals surface area contributed by atoms with Crippen molar-refractivity contribution in [2.24, 2.45) is 0 Å². The van der Waals surface area contributed by atoms with Gasteiger partial charge in [-0.1, -0.05) is 36.4 Å². The summed E-state index contributed by atoms with van der Waals surface area (Å²) in [5, 5.41) is 2.30. The number of amides is 1. The number of nitrogens with one attached hydrogen (secondary N) is 1. The quantitative estimate of drug-likeness (QED) is 0.927. The van der Waals surface area contributed by atoms with Crippen LogP contribution in [0.3, 0.4) is 0 Å². The molecule has 0 heterocycles. The summed E-state index contributed by atoms with van der Waals surface area (Å²) in [6.07, 6.45) is -0.750. The Morgan fingerprint density at radius 2 is 1.90 bits per heavy atom. The van der Waals surface area contributed by atoms with E-state index in [4.69, 9.17) is 4.74 Å². The number of carbonyl (C=O) groups excluding carboxylic acids is 1. The van der Waals surface area contributed by atoms with Crippen molar-refractivity contribution >= 4 is 11.8 Å². The standard InChI is InChI=1S/C15H14FNO3/c1-19-15(18)17-14-12(16)8-5-9-13(14)20-10-11-6-3-2-4-7-11/h2-9H,10H2,1H3,(H,17,18). The van der Waals surface area contributed by atoms with Gasteiger partial charge in [0, 0.05) is 0 Å². The van der Waals surface area contributed by atoms with E-state index < -0.39 is 11.9 Å². The number of ether oxygens (including phenoxy) is 2. The summed E-state index contributed by atoms with van der Waals surface area (Å²) < 4.78 is 23.7. The van der Waals surface area contributed by atoms with Crippen LogP contribution < -0.4 is 10.1 Å². The van der Waals surface area contributed by atoms with Gasteiger partial charge in [0.15, 0.2) is 5.82 Å². The fourth-order valence-electron chi connectivity index (χ4n) is 1.63. The molecule has 2 aromatic rings. The average molecular weight is 275 g/mol. The number of rotatable bonds is 4. The van der Waals surface area contributed by atoms with E-state index in [1.54, 1.807) is 6.07 Å². The highest BCUT2D eigenvalue weighted by Crippen LogP contribution is 2.28. The molecule has 0 spiro atoms. The summed E-state index contributed by atoms with van der Waals surface area (Å²) >= 11 is 0. The molecule has 1 amide bonds. The molecule has 0 aliphatic carbocycles. The van der Waals surface area contributed by atoms with Gasteiger partial charge in [-0.25, -0.2) is 9.18 Å². The molecule has 104 valence electrons. The molecule has 0 atom stereocenters. The van der Waals surface area contributed by atoms with Crippen molar-refractivity contribution in [1.29, 1.82) is 0 Å². The molecule has 0 saturated heterocycles. The second-order valence-electron chi connectivity index (χ2n) is 4.00. The van der Waals surface area contributed by atoms with Crippen molar-refractivity contribution in [2.75, 3.05) is 12.4 Å². The molecule has 20 heavy (non-hydrogen) atoms. The van der Waals surface area contributed by atoms with Crippen LogP contribution in [0.1, 0.15) is 5.56 Å². The normalized spacial score (nSPS) is 9.90. The minimum Gasteiger partial charge on any atom is -0.487 e. The summed E-state index contributed by atoms with van der Waals surface area (Å²) in [6.45, 7) is 0.278. The van der Waals surface area contributed by atoms with Gasteiger partial charge in [0.05, 0.1) is 7.11 Å². The molecule has 0 unspecified atom stereocenters. The number of hydrogen-bond acceptors (Lipinski definition) is 3. The van der Waals surface area contributed by atoms with E-state index in [-0.39, 0.29) is 18.0 Å². The van der Waals surface area contributed by atoms with Gasteiger partial charge in [0.2, 0.25) is 0 Å². The maximum absolute atomic E-state index is 13.7. The highest BCUT2D eigenvalue weighted by molar-refractivity contribution is 5.86. The number of methoxy groups -OCH3 is 1. The van der Waals surface area contributed by atoms with Crippen LogP contribution in [0.5, 0.6) is 5.75 Å². The Balaban J connectivity index is 2.14. The Labute approximate surface area is 116 Å². The predicted octanol–water partition coefficient (Wildman–Crippen LogP) is 3.58. The van der Waals surface area contributed by atoms with Crippen LogP contribution in [0.4, 0.5) is 14.9 Å². The second-order valence-corrected chi connectivity index (χ2v) is 4.00. The Bertz CT molecular complexity index is 587. The molecular weight excluding hydrogens is 261 g/mol. The lowest BCUT2D eigenvalue weighted by Crippen LogP contribution is -2.13. The number of carbonyl (C=O) groups is 1. The molecule has 0 bridgehead atoms. The number of para-hydroxylation sites is 1. The summed E-state index contributed by atoms with van der Waals surface area (Å²) in [5.41, 5.74) is 0.913. The Hall–Kier alpha value is -2.56. The molecule has 2 rings (SSSR count). The van der Waals surface area contributed by atoms with Gasteiger partial charge in [-0.15, -0.1) is 0 Å². The van der Waals surface area contributed by atoms with Gasteiger partial charge in [0.1, 0.15) is 18.0 Å². The maximum atomic E-state index is 13.7. The molecule has 5 heteroatoms. The monoisotopic (exact) mass is 275 g/mol. The fraction of sp³-hybridized carbons (Fsp3) is 0.133. The lowest BCUT2D eigenvalue weighted by Gasteiger charge is -2.12. The fourth-order valence-corrected chi connectivity index (χ4v) is 1.63. The first kappa shape index (κ1) is 13.9. The largest absolute Gasteiger partial charge is 0.487 e. The minimum atomic E-state index is -0.750. The zero-order chi connectivity index (χ0) is 14.4. The van der Waals surface area contributed by atoms with Crippen molar-refractivity contribution in [3.63, 3.8) is 0 Å². The zero-order valence-corrected chi connectivity index (χ0v) is 10.9. The summed E-state index contributed by atoms with van der Waals surface area (Å²) in [4.78, 5) is 11.2. The van der Waals surface area contributed by atoms with E-state index in [0.29, 0.717) is 0 Å². The molecule has 0 radical (unpaired) electrons. The van der Waals surface area contributed by atoms with Crippen LogP contribution in [0.2, 0.25) is 0 Å². The molecule has 0 saturated carbocycles. The van der Waals surface area contributed by atoms with E-state index in [9.17, 15) is 9.18 Å².